The highest BCUT2D eigenvalue weighted by Gasteiger charge is 2.19. The molecular formula is C30H49N2+. The summed E-state index contributed by atoms with van der Waals surface area (Å²) in [5.41, 5.74) is 2.64. The first-order valence-electron chi connectivity index (χ1n) is 13.9. The SMILES string of the molecule is CCCCCCCCCCCCCCCC(CCCCC)c1ccc([C+]2N=CC=N2)cc1. The zero-order chi connectivity index (χ0) is 22.7. The average Bonchev–Trinajstić information content (AvgIpc) is 3.36. The number of hydrogen-bond acceptors (Lipinski definition) is 2. The molecule has 1 aromatic rings. The predicted octanol–water partition coefficient (Wildman–Crippen LogP) is 9.82. The first-order chi connectivity index (χ1) is 15.8. The number of unbranched alkanes of at least 4 members (excludes halogenated alkanes) is 14. The van der Waals surface area contributed by atoms with E-state index in [0.717, 1.165) is 11.7 Å². The van der Waals surface area contributed by atoms with Crippen LogP contribution in [0.2, 0.25) is 0 Å². The van der Waals surface area contributed by atoms with Crippen molar-refractivity contribution in [2.75, 3.05) is 0 Å². The van der Waals surface area contributed by atoms with Crippen molar-refractivity contribution in [2.45, 2.75) is 135 Å². The molecule has 2 heteroatoms. The van der Waals surface area contributed by atoms with Crippen molar-refractivity contribution in [3.05, 3.63) is 41.6 Å². The zero-order valence-corrected chi connectivity index (χ0v) is 21.2. The van der Waals surface area contributed by atoms with Crippen LogP contribution in [0.1, 0.15) is 146 Å². The third-order valence-corrected chi connectivity index (χ3v) is 6.91. The molecular weight excluding hydrogens is 388 g/mol. The Morgan fingerprint density at radius 3 is 1.47 bits per heavy atom. The maximum absolute atomic E-state index is 4.33. The molecule has 1 aliphatic rings. The van der Waals surface area contributed by atoms with E-state index < -0.39 is 0 Å². The van der Waals surface area contributed by atoms with Crippen LogP contribution in [0.25, 0.3) is 0 Å². The summed E-state index contributed by atoms with van der Waals surface area (Å²) in [6.45, 7) is 4.60. The Morgan fingerprint density at radius 1 is 0.562 bits per heavy atom. The normalized spacial score (nSPS) is 13.9. The van der Waals surface area contributed by atoms with Gasteiger partial charge in [-0.1, -0.05) is 117 Å². The molecule has 0 bridgehead atoms. The average molecular weight is 438 g/mol. The van der Waals surface area contributed by atoms with E-state index in [0.29, 0.717) is 5.92 Å². The van der Waals surface area contributed by atoms with Gasteiger partial charge in [-0.3, -0.25) is 0 Å². The molecule has 0 aliphatic carbocycles. The molecule has 1 aliphatic heterocycles. The second-order valence-corrected chi connectivity index (χ2v) is 9.73. The Kier molecular flexibility index (Phi) is 14.9. The van der Waals surface area contributed by atoms with Crippen LogP contribution in [0.15, 0.2) is 34.3 Å². The molecule has 1 heterocycles. The Labute approximate surface area is 199 Å². The number of aliphatic imine (C=N–C) groups is 2. The van der Waals surface area contributed by atoms with Gasteiger partial charge in [0.05, 0.1) is 0 Å². The molecule has 1 atom stereocenters. The predicted molar refractivity (Wildman–Crippen MR) is 143 cm³/mol. The van der Waals surface area contributed by atoms with Crippen molar-refractivity contribution >= 4 is 12.4 Å². The maximum atomic E-state index is 4.33. The van der Waals surface area contributed by atoms with Crippen LogP contribution < -0.4 is 0 Å². The first kappa shape index (κ1) is 26.7. The minimum atomic E-state index is 0.712. The molecule has 1 aromatic carbocycles. The Balaban J connectivity index is 1.59. The van der Waals surface area contributed by atoms with E-state index in [1.165, 1.54) is 121 Å². The number of nitrogens with zero attached hydrogens (tertiary/aromatic N) is 2. The van der Waals surface area contributed by atoms with Gasteiger partial charge in [0.15, 0.2) is 0 Å². The summed E-state index contributed by atoms with van der Waals surface area (Å²) in [7, 11) is 0. The Bertz CT molecular complexity index is 604. The zero-order valence-electron chi connectivity index (χ0n) is 21.2. The summed E-state index contributed by atoms with van der Waals surface area (Å²) in [6.07, 6.45) is 29.7. The lowest BCUT2D eigenvalue weighted by Gasteiger charge is -2.17. The molecule has 32 heavy (non-hydrogen) atoms. The molecule has 0 fully saturated rings. The summed E-state index contributed by atoms with van der Waals surface area (Å²) in [6, 6.07) is 9.07. The van der Waals surface area contributed by atoms with E-state index in [4.69, 9.17) is 0 Å². The topological polar surface area (TPSA) is 24.7 Å². The second-order valence-electron chi connectivity index (χ2n) is 9.73. The fraction of sp³-hybridized carbons (Fsp3) is 0.700. The van der Waals surface area contributed by atoms with Crippen LogP contribution in [0.3, 0.4) is 0 Å². The van der Waals surface area contributed by atoms with Gasteiger partial charge in [-0.2, -0.15) is 0 Å². The fourth-order valence-corrected chi connectivity index (χ4v) is 4.82. The Hall–Kier alpha value is -1.57. The van der Waals surface area contributed by atoms with Gasteiger partial charge >= 0.3 is 0 Å². The highest BCUT2D eigenvalue weighted by Crippen LogP contribution is 2.30. The molecule has 2 nitrogen and oxygen atoms in total. The molecule has 2 rings (SSSR count). The van der Waals surface area contributed by atoms with Gasteiger partial charge < -0.3 is 0 Å². The summed E-state index contributed by atoms with van der Waals surface area (Å²) < 4.78 is 0. The first-order valence-corrected chi connectivity index (χ1v) is 13.9. The molecule has 178 valence electrons. The number of benzene rings is 1. The number of hydrogen-bond donors (Lipinski definition) is 0. The molecule has 0 saturated carbocycles. The summed E-state index contributed by atoms with van der Waals surface area (Å²) >= 11 is 0. The standard InChI is InChI=1S/C30H49N2/c1-3-5-7-8-9-10-11-12-13-14-15-16-18-20-27(19-17-6-4-2)28-21-23-29(24-22-28)30-31-25-26-32-30/h21-27H,3-20H2,1-2H3/q+1. The molecule has 1 unspecified atom stereocenters. The highest BCUT2D eigenvalue weighted by molar-refractivity contribution is 6.18. The summed E-state index contributed by atoms with van der Waals surface area (Å²) in [5, 5.41) is 0. The van der Waals surface area contributed by atoms with Crippen LogP contribution >= 0.6 is 0 Å². The molecule has 0 aromatic heterocycles. The van der Waals surface area contributed by atoms with E-state index in [1.807, 2.05) is 0 Å². The van der Waals surface area contributed by atoms with Crippen molar-refractivity contribution < 1.29 is 0 Å². The van der Waals surface area contributed by atoms with Crippen LogP contribution in [-0.4, -0.2) is 12.4 Å². The van der Waals surface area contributed by atoms with Gasteiger partial charge in [0.25, 0.3) is 0 Å². The van der Waals surface area contributed by atoms with Gasteiger partial charge in [-0.05, 0) is 36.5 Å². The monoisotopic (exact) mass is 437 g/mol. The minimum Gasteiger partial charge on any atom is -0.147 e. The van der Waals surface area contributed by atoms with E-state index in [-0.39, 0.29) is 0 Å². The van der Waals surface area contributed by atoms with Crippen molar-refractivity contribution in [3.63, 3.8) is 0 Å². The van der Waals surface area contributed by atoms with Gasteiger partial charge in [-0.15, -0.1) is 9.98 Å². The van der Waals surface area contributed by atoms with Gasteiger partial charge in [-0.25, -0.2) is 0 Å². The van der Waals surface area contributed by atoms with E-state index in [2.05, 4.69) is 48.1 Å². The van der Waals surface area contributed by atoms with Crippen LogP contribution in [0, 0.1) is 6.17 Å². The van der Waals surface area contributed by atoms with Crippen molar-refractivity contribution in [1.82, 2.24) is 0 Å². The van der Waals surface area contributed by atoms with Gasteiger partial charge in [0.2, 0.25) is 6.17 Å². The second kappa shape index (κ2) is 17.9. The fourth-order valence-electron chi connectivity index (χ4n) is 4.82. The van der Waals surface area contributed by atoms with E-state index in [9.17, 15) is 0 Å². The number of rotatable bonds is 20. The van der Waals surface area contributed by atoms with Gasteiger partial charge in [0, 0.05) is 12.1 Å². The summed E-state index contributed by atoms with van der Waals surface area (Å²) in [4.78, 5) is 8.65. The third kappa shape index (κ3) is 11.3. The lowest BCUT2D eigenvalue weighted by atomic mass is 9.87. The van der Waals surface area contributed by atoms with Crippen molar-refractivity contribution in [3.8, 4) is 0 Å². The highest BCUT2D eigenvalue weighted by atomic mass is 15.0. The van der Waals surface area contributed by atoms with Crippen molar-refractivity contribution in [1.29, 1.82) is 0 Å². The molecule has 0 spiro atoms. The molecule has 0 saturated heterocycles. The van der Waals surface area contributed by atoms with Crippen LogP contribution in [-0.2, 0) is 0 Å². The largest absolute Gasteiger partial charge is 0.243 e. The maximum Gasteiger partial charge on any atom is 0.243 e. The van der Waals surface area contributed by atoms with Gasteiger partial charge in [0.1, 0.15) is 18.0 Å². The molecule has 0 radical (unpaired) electrons. The third-order valence-electron chi connectivity index (χ3n) is 6.91. The van der Waals surface area contributed by atoms with E-state index in [1.54, 1.807) is 12.4 Å². The minimum absolute atomic E-state index is 0.712. The lowest BCUT2D eigenvalue weighted by molar-refractivity contribution is 0.490. The smallest absolute Gasteiger partial charge is 0.147 e. The molecule has 0 amide bonds. The van der Waals surface area contributed by atoms with Crippen LogP contribution in [0.4, 0.5) is 0 Å². The van der Waals surface area contributed by atoms with Crippen molar-refractivity contribution in [2.24, 2.45) is 9.98 Å². The lowest BCUT2D eigenvalue weighted by Crippen LogP contribution is -2.01. The quantitative estimate of drug-likeness (QED) is 0.143. The Morgan fingerprint density at radius 2 is 0.969 bits per heavy atom. The molecule has 0 N–H and O–H groups in total. The van der Waals surface area contributed by atoms with Crippen LogP contribution in [0.5, 0.6) is 0 Å². The summed E-state index contributed by atoms with van der Waals surface area (Å²) in [5.74, 6) is 0.712. The van der Waals surface area contributed by atoms with E-state index >= 15 is 0 Å².